The number of non-ortho nitro benzene ring substituents is 1. The number of thiophene rings is 1. The van der Waals surface area contributed by atoms with E-state index in [0.717, 1.165) is 25.8 Å². The van der Waals surface area contributed by atoms with Crippen molar-refractivity contribution in [3.05, 3.63) is 68.8 Å². The van der Waals surface area contributed by atoms with Crippen LogP contribution < -0.4 is 5.32 Å². The topological polar surface area (TPSA) is 101 Å². The van der Waals surface area contributed by atoms with Crippen molar-refractivity contribution in [3.8, 4) is 16.9 Å². The Bertz CT molecular complexity index is 1160. The number of fused-ring (bicyclic) bond motifs is 1. The molecule has 9 heteroatoms. The number of anilines is 2. The molecule has 0 spiro atoms. The number of phenols is 1. The van der Waals surface area contributed by atoms with E-state index in [4.69, 9.17) is 0 Å². The lowest BCUT2D eigenvalue weighted by atomic mass is 10.1. The molecule has 0 atom stereocenters. The average Bonchev–Trinajstić information content (AvgIpc) is 3.09. The van der Waals surface area contributed by atoms with Gasteiger partial charge in [0, 0.05) is 27.5 Å². The van der Waals surface area contributed by atoms with Crippen molar-refractivity contribution in [2.45, 2.75) is 0 Å². The lowest BCUT2D eigenvalue weighted by Crippen LogP contribution is -1.97. The SMILES string of the molecule is O=[N+]([O-])c1ccc(O)c(Nc2ncnc3scc(-c4ccc(Br)cc4)c23)c1. The Kier molecular flexibility index (Phi) is 4.46. The standard InChI is InChI=1S/C18H11BrN4O3S/c19-11-3-1-10(2-4-11)13-8-27-18-16(13)17(20-9-21-18)22-14-7-12(23(25)26)5-6-15(14)24/h1-9,24H,(H,20,21,22). The molecule has 2 aromatic carbocycles. The zero-order chi connectivity index (χ0) is 19.0. The van der Waals surface area contributed by atoms with Crippen LogP contribution in [0.1, 0.15) is 0 Å². The van der Waals surface area contributed by atoms with Crippen LogP contribution in [0.15, 0.2) is 58.6 Å². The van der Waals surface area contributed by atoms with Crippen molar-refractivity contribution >= 4 is 54.7 Å². The van der Waals surface area contributed by atoms with Gasteiger partial charge < -0.3 is 10.4 Å². The van der Waals surface area contributed by atoms with Gasteiger partial charge in [-0.3, -0.25) is 10.1 Å². The summed E-state index contributed by atoms with van der Waals surface area (Å²) in [5.41, 5.74) is 2.01. The first kappa shape index (κ1) is 17.4. The van der Waals surface area contributed by atoms with E-state index in [1.807, 2.05) is 29.6 Å². The predicted molar refractivity (Wildman–Crippen MR) is 109 cm³/mol. The number of nitro groups is 1. The van der Waals surface area contributed by atoms with Gasteiger partial charge in [0.2, 0.25) is 0 Å². The van der Waals surface area contributed by atoms with Crippen LogP contribution in [0.3, 0.4) is 0 Å². The zero-order valence-electron chi connectivity index (χ0n) is 13.6. The van der Waals surface area contributed by atoms with Gasteiger partial charge in [-0.2, -0.15) is 0 Å². The fraction of sp³-hybridized carbons (Fsp3) is 0. The van der Waals surface area contributed by atoms with Crippen LogP contribution in [0, 0.1) is 10.1 Å². The molecule has 4 aromatic rings. The molecular formula is C18H11BrN4O3S. The Balaban J connectivity index is 1.83. The Morgan fingerprint density at radius 3 is 2.67 bits per heavy atom. The number of phenolic OH excluding ortho intramolecular Hbond substituents is 1. The van der Waals surface area contributed by atoms with E-state index >= 15 is 0 Å². The highest BCUT2D eigenvalue weighted by Crippen LogP contribution is 2.39. The van der Waals surface area contributed by atoms with Gasteiger partial charge >= 0.3 is 0 Å². The number of nitrogens with zero attached hydrogens (tertiary/aromatic N) is 3. The van der Waals surface area contributed by atoms with Crippen molar-refractivity contribution in [2.75, 3.05) is 5.32 Å². The Labute approximate surface area is 165 Å². The van der Waals surface area contributed by atoms with Crippen LogP contribution in [0.5, 0.6) is 5.75 Å². The Morgan fingerprint density at radius 1 is 1.15 bits per heavy atom. The minimum atomic E-state index is -0.516. The number of aromatic hydroxyl groups is 1. The van der Waals surface area contributed by atoms with Gasteiger partial charge in [-0.25, -0.2) is 9.97 Å². The van der Waals surface area contributed by atoms with Crippen LogP contribution in [-0.4, -0.2) is 20.0 Å². The van der Waals surface area contributed by atoms with Crippen molar-refractivity contribution < 1.29 is 10.0 Å². The van der Waals surface area contributed by atoms with Gasteiger partial charge in [0.25, 0.3) is 5.69 Å². The van der Waals surface area contributed by atoms with E-state index in [1.165, 1.54) is 35.9 Å². The molecule has 0 fully saturated rings. The molecule has 0 bridgehead atoms. The van der Waals surface area contributed by atoms with E-state index in [9.17, 15) is 15.2 Å². The van der Waals surface area contributed by atoms with Crippen LogP contribution in [0.2, 0.25) is 0 Å². The van der Waals surface area contributed by atoms with E-state index < -0.39 is 4.92 Å². The van der Waals surface area contributed by atoms with E-state index in [2.05, 4.69) is 31.2 Å². The van der Waals surface area contributed by atoms with Crippen molar-refractivity contribution in [1.29, 1.82) is 0 Å². The Morgan fingerprint density at radius 2 is 1.93 bits per heavy atom. The minimum absolute atomic E-state index is 0.104. The maximum absolute atomic E-state index is 11.0. The number of nitrogens with one attached hydrogen (secondary N) is 1. The molecule has 0 unspecified atom stereocenters. The van der Waals surface area contributed by atoms with Gasteiger partial charge in [0.05, 0.1) is 16.0 Å². The molecule has 2 aromatic heterocycles. The van der Waals surface area contributed by atoms with Crippen LogP contribution in [0.25, 0.3) is 21.3 Å². The summed E-state index contributed by atoms with van der Waals surface area (Å²) in [5, 5.41) is 26.9. The predicted octanol–water partition coefficient (Wildman–Crippen LogP) is 5.48. The number of benzene rings is 2. The van der Waals surface area contributed by atoms with Crippen molar-refractivity contribution in [2.24, 2.45) is 0 Å². The van der Waals surface area contributed by atoms with E-state index in [1.54, 1.807) is 0 Å². The van der Waals surface area contributed by atoms with Crippen LogP contribution in [-0.2, 0) is 0 Å². The molecule has 2 heterocycles. The second-order valence-electron chi connectivity index (χ2n) is 5.64. The summed E-state index contributed by atoms with van der Waals surface area (Å²) < 4.78 is 0.974. The fourth-order valence-corrected chi connectivity index (χ4v) is 3.86. The molecular weight excluding hydrogens is 432 g/mol. The van der Waals surface area contributed by atoms with E-state index in [0.29, 0.717) is 5.82 Å². The van der Waals surface area contributed by atoms with Crippen molar-refractivity contribution in [1.82, 2.24) is 9.97 Å². The molecule has 0 saturated carbocycles. The highest BCUT2D eigenvalue weighted by molar-refractivity contribution is 9.10. The molecule has 134 valence electrons. The van der Waals surface area contributed by atoms with Gasteiger partial charge in [0.15, 0.2) is 0 Å². The molecule has 2 N–H and O–H groups in total. The number of hydrogen-bond acceptors (Lipinski definition) is 7. The summed E-state index contributed by atoms with van der Waals surface area (Å²) >= 11 is 4.90. The maximum Gasteiger partial charge on any atom is 0.271 e. The summed E-state index contributed by atoms with van der Waals surface area (Å²) in [4.78, 5) is 19.9. The zero-order valence-corrected chi connectivity index (χ0v) is 16.0. The summed E-state index contributed by atoms with van der Waals surface area (Å²) in [6.45, 7) is 0. The molecule has 0 amide bonds. The second kappa shape index (κ2) is 6.93. The van der Waals surface area contributed by atoms with Crippen molar-refractivity contribution in [3.63, 3.8) is 0 Å². The fourth-order valence-electron chi connectivity index (χ4n) is 2.68. The number of rotatable bonds is 4. The van der Waals surface area contributed by atoms with E-state index in [-0.39, 0.29) is 17.1 Å². The normalized spacial score (nSPS) is 10.9. The number of nitro benzene ring substituents is 1. The molecule has 7 nitrogen and oxygen atoms in total. The molecule has 27 heavy (non-hydrogen) atoms. The number of aromatic nitrogens is 2. The van der Waals surface area contributed by atoms with Gasteiger partial charge in [-0.1, -0.05) is 28.1 Å². The van der Waals surface area contributed by atoms with Crippen LogP contribution >= 0.6 is 27.3 Å². The minimum Gasteiger partial charge on any atom is -0.506 e. The first-order chi connectivity index (χ1) is 13.0. The highest BCUT2D eigenvalue weighted by atomic mass is 79.9. The smallest absolute Gasteiger partial charge is 0.271 e. The molecule has 0 aliphatic carbocycles. The largest absolute Gasteiger partial charge is 0.506 e. The first-order valence-corrected chi connectivity index (χ1v) is 9.43. The van der Waals surface area contributed by atoms with Crippen LogP contribution in [0.4, 0.5) is 17.2 Å². The lowest BCUT2D eigenvalue weighted by Gasteiger charge is -2.10. The first-order valence-electron chi connectivity index (χ1n) is 7.75. The summed E-state index contributed by atoms with van der Waals surface area (Å²) in [6.07, 6.45) is 1.42. The summed E-state index contributed by atoms with van der Waals surface area (Å²) in [5.74, 6) is 0.364. The second-order valence-corrected chi connectivity index (χ2v) is 7.42. The number of halogens is 1. The lowest BCUT2D eigenvalue weighted by molar-refractivity contribution is -0.384. The van der Waals surface area contributed by atoms with Gasteiger partial charge in [-0.15, -0.1) is 11.3 Å². The average molecular weight is 443 g/mol. The monoisotopic (exact) mass is 442 g/mol. The molecule has 0 saturated heterocycles. The molecule has 0 aliphatic rings. The number of hydrogen-bond donors (Lipinski definition) is 2. The highest BCUT2D eigenvalue weighted by Gasteiger charge is 2.16. The summed E-state index contributed by atoms with van der Waals surface area (Å²) in [7, 11) is 0. The Hall–Kier alpha value is -3.04. The maximum atomic E-state index is 11.0. The third kappa shape index (κ3) is 3.34. The van der Waals surface area contributed by atoms with Gasteiger partial charge in [-0.05, 0) is 23.8 Å². The molecule has 0 aliphatic heterocycles. The third-order valence-corrected chi connectivity index (χ3v) is 5.38. The van der Waals surface area contributed by atoms with Gasteiger partial charge in [0.1, 0.15) is 22.7 Å². The molecule has 4 rings (SSSR count). The third-order valence-electron chi connectivity index (χ3n) is 3.97. The summed E-state index contributed by atoms with van der Waals surface area (Å²) in [6, 6.07) is 11.6. The molecule has 0 radical (unpaired) electrons. The quantitative estimate of drug-likeness (QED) is 0.246.